The summed E-state index contributed by atoms with van der Waals surface area (Å²) >= 11 is 0. The maximum Gasteiger partial charge on any atom is 0.130 e. The summed E-state index contributed by atoms with van der Waals surface area (Å²) in [4.78, 5) is 0. The van der Waals surface area contributed by atoms with Crippen LogP contribution in [0.3, 0.4) is 0 Å². The summed E-state index contributed by atoms with van der Waals surface area (Å²) in [6.45, 7) is 0.108. The predicted octanol–water partition coefficient (Wildman–Crippen LogP) is 3.11. The van der Waals surface area contributed by atoms with Crippen LogP contribution in [0.5, 0.6) is 5.75 Å². The van der Waals surface area contributed by atoms with E-state index in [1.165, 1.54) is 6.07 Å². The van der Waals surface area contributed by atoms with Crippen molar-refractivity contribution >= 4 is 18.2 Å². The highest BCUT2D eigenvalue weighted by Crippen LogP contribution is 2.19. The first-order chi connectivity index (χ1) is 8.68. The van der Waals surface area contributed by atoms with Crippen molar-refractivity contribution in [2.45, 2.75) is 6.61 Å². The first kappa shape index (κ1) is 15.0. The van der Waals surface area contributed by atoms with E-state index in [0.717, 1.165) is 0 Å². The molecule has 2 aromatic carbocycles. The van der Waals surface area contributed by atoms with Gasteiger partial charge < -0.3 is 10.5 Å². The Bertz CT molecular complexity index is 575. The Balaban J connectivity index is 0.00000180. The van der Waals surface area contributed by atoms with E-state index in [1.807, 2.05) is 0 Å². The number of hydrogen-bond donors (Lipinski definition) is 2. The molecule has 0 aliphatic carbocycles. The van der Waals surface area contributed by atoms with Gasteiger partial charge in [0.2, 0.25) is 0 Å². The molecule has 3 N–H and O–H groups in total. The number of rotatable bonds is 4. The van der Waals surface area contributed by atoms with Crippen LogP contribution in [0.15, 0.2) is 48.5 Å². The topological polar surface area (TPSA) is 59.1 Å². The second kappa shape index (κ2) is 6.75. The fraction of sp³-hybridized carbons (Fsp3) is 0.0714. The molecule has 0 aliphatic rings. The molecule has 0 amide bonds. The van der Waals surface area contributed by atoms with E-state index in [-0.39, 0.29) is 30.7 Å². The molecule has 5 heteroatoms. The highest BCUT2D eigenvalue weighted by molar-refractivity contribution is 5.97. The Labute approximate surface area is 117 Å². The fourth-order valence-corrected chi connectivity index (χ4v) is 1.59. The largest absolute Gasteiger partial charge is 0.488 e. The molecule has 0 saturated heterocycles. The summed E-state index contributed by atoms with van der Waals surface area (Å²) in [5.74, 6) is 0.102. The third-order valence-electron chi connectivity index (χ3n) is 2.52. The van der Waals surface area contributed by atoms with Gasteiger partial charge in [0.05, 0.1) is 5.56 Å². The molecule has 0 unspecified atom stereocenters. The number of nitrogens with two attached hydrogens (primary N) is 1. The number of nitrogens with one attached hydrogen (secondary N) is 1. The van der Waals surface area contributed by atoms with E-state index in [2.05, 4.69) is 0 Å². The van der Waals surface area contributed by atoms with Crippen LogP contribution in [0.25, 0.3) is 0 Å². The van der Waals surface area contributed by atoms with Gasteiger partial charge in [-0.3, -0.25) is 5.41 Å². The molecule has 2 rings (SSSR count). The summed E-state index contributed by atoms with van der Waals surface area (Å²) in [5.41, 5.74) is 6.42. The molecule has 0 bridgehead atoms. The van der Waals surface area contributed by atoms with Gasteiger partial charge in [-0.1, -0.05) is 30.3 Å². The van der Waals surface area contributed by atoms with Gasteiger partial charge in [0.25, 0.3) is 0 Å². The SMILES string of the molecule is Cl.N=C(N)c1ccccc1OCc1ccccc1F. The first-order valence-corrected chi connectivity index (χ1v) is 5.48. The summed E-state index contributed by atoms with van der Waals surface area (Å²) in [5, 5.41) is 7.43. The average Bonchev–Trinajstić information content (AvgIpc) is 2.38. The highest BCUT2D eigenvalue weighted by atomic mass is 35.5. The third kappa shape index (κ3) is 3.69. The van der Waals surface area contributed by atoms with Gasteiger partial charge in [-0.25, -0.2) is 4.39 Å². The van der Waals surface area contributed by atoms with Gasteiger partial charge in [-0.2, -0.15) is 0 Å². The zero-order valence-corrected chi connectivity index (χ0v) is 10.9. The van der Waals surface area contributed by atoms with Gasteiger partial charge in [0.15, 0.2) is 0 Å². The number of ether oxygens (including phenoxy) is 1. The zero-order chi connectivity index (χ0) is 13.0. The Morgan fingerprint density at radius 3 is 2.42 bits per heavy atom. The van der Waals surface area contributed by atoms with E-state index >= 15 is 0 Å². The van der Waals surface area contributed by atoms with Crippen molar-refractivity contribution in [1.29, 1.82) is 5.41 Å². The van der Waals surface area contributed by atoms with Crippen LogP contribution in [0, 0.1) is 11.2 Å². The number of nitrogen functional groups attached to an aromatic ring is 1. The number of halogens is 2. The van der Waals surface area contributed by atoms with E-state index in [0.29, 0.717) is 16.9 Å². The summed E-state index contributed by atoms with van der Waals surface area (Å²) in [6.07, 6.45) is 0. The fourth-order valence-electron chi connectivity index (χ4n) is 1.59. The number of amidine groups is 1. The Morgan fingerprint density at radius 1 is 1.11 bits per heavy atom. The predicted molar refractivity (Wildman–Crippen MR) is 75.4 cm³/mol. The van der Waals surface area contributed by atoms with Crippen molar-refractivity contribution in [2.24, 2.45) is 5.73 Å². The molecule has 0 aromatic heterocycles. The van der Waals surface area contributed by atoms with Crippen molar-refractivity contribution in [3.63, 3.8) is 0 Å². The van der Waals surface area contributed by atoms with Crippen LogP contribution in [-0.2, 0) is 6.61 Å². The van der Waals surface area contributed by atoms with Gasteiger partial charge >= 0.3 is 0 Å². The van der Waals surface area contributed by atoms with Crippen LogP contribution in [0.4, 0.5) is 4.39 Å². The quantitative estimate of drug-likeness (QED) is 0.668. The Morgan fingerprint density at radius 2 is 1.74 bits per heavy atom. The molecule has 0 aliphatic heterocycles. The summed E-state index contributed by atoms with van der Waals surface area (Å²) in [6, 6.07) is 13.4. The molecular formula is C14H14ClFN2O. The minimum atomic E-state index is -0.308. The number of hydrogen-bond acceptors (Lipinski definition) is 2. The molecule has 3 nitrogen and oxygen atoms in total. The molecule has 0 saturated carbocycles. The average molecular weight is 281 g/mol. The minimum absolute atomic E-state index is 0. The van der Waals surface area contributed by atoms with Gasteiger partial charge in [-0.15, -0.1) is 12.4 Å². The van der Waals surface area contributed by atoms with Crippen molar-refractivity contribution < 1.29 is 9.13 Å². The van der Waals surface area contributed by atoms with Gasteiger partial charge in [0.1, 0.15) is 24.0 Å². The summed E-state index contributed by atoms with van der Waals surface area (Å²) in [7, 11) is 0. The lowest BCUT2D eigenvalue weighted by atomic mass is 10.2. The van der Waals surface area contributed by atoms with E-state index in [4.69, 9.17) is 15.9 Å². The van der Waals surface area contributed by atoms with Crippen LogP contribution in [-0.4, -0.2) is 5.84 Å². The second-order valence-electron chi connectivity index (χ2n) is 3.79. The van der Waals surface area contributed by atoms with Crippen LogP contribution < -0.4 is 10.5 Å². The first-order valence-electron chi connectivity index (χ1n) is 5.48. The van der Waals surface area contributed by atoms with Crippen LogP contribution in [0.2, 0.25) is 0 Å². The standard InChI is InChI=1S/C14H13FN2O.ClH/c15-12-7-3-1-5-10(12)9-18-13-8-4-2-6-11(13)14(16)17;/h1-8H,9H2,(H3,16,17);1H. The normalized spacial score (nSPS) is 9.53. The molecule has 0 radical (unpaired) electrons. The molecule has 19 heavy (non-hydrogen) atoms. The van der Waals surface area contributed by atoms with E-state index < -0.39 is 0 Å². The molecule has 2 aromatic rings. The minimum Gasteiger partial charge on any atom is -0.488 e. The lowest BCUT2D eigenvalue weighted by molar-refractivity contribution is 0.299. The van der Waals surface area contributed by atoms with Gasteiger partial charge in [0, 0.05) is 5.56 Å². The van der Waals surface area contributed by atoms with Crippen molar-refractivity contribution in [1.82, 2.24) is 0 Å². The zero-order valence-electron chi connectivity index (χ0n) is 10.1. The van der Waals surface area contributed by atoms with Crippen LogP contribution >= 0.6 is 12.4 Å². The van der Waals surface area contributed by atoms with Crippen molar-refractivity contribution in [3.05, 3.63) is 65.5 Å². The monoisotopic (exact) mass is 280 g/mol. The molecule has 0 spiro atoms. The summed E-state index contributed by atoms with van der Waals surface area (Å²) < 4.78 is 18.9. The Kier molecular flexibility index (Phi) is 5.33. The number of benzene rings is 2. The van der Waals surface area contributed by atoms with Gasteiger partial charge in [-0.05, 0) is 18.2 Å². The molecule has 0 fully saturated rings. The smallest absolute Gasteiger partial charge is 0.130 e. The lowest BCUT2D eigenvalue weighted by Crippen LogP contribution is -2.13. The molecule has 0 heterocycles. The van der Waals surface area contributed by atoms with Crippen molar-refractivity contribution in [3.8, 4) is 5.75 Å². The third-order valence-corrected chi connectivity index (χ3v) is 2.52. The maximum absolute atomic E-state index is 13.4. The Hall–Kier alpha value is -2.07. The molecule has 0 atom stereocenters. The highest BCUT2D eigenvalue weighted by Gasteiger charge is 2.07. The molecule has 100 valence electrons. The number of para-hydroxylation sites is 1. The van der Waals surface area contributed by atoms with E-state index in [1.54, 1.807) is 42.5 Å². The lowest BCUT2D eigenvalue weighted by Gasteiger charge is -2.10. The second-order valence-corrected chi connectivity index (χ2v) is 3.79. The maximum atomic E-state index is 13.4. The van der Waals surface area contributed by atoms with Crippen molar-refractivity contribution in [2.75, 3.05) is 0 Å². The van der Waals surface area contributed by atoms with E-state index in [9.17, 15) is 4.39 Å². The molecular weight excluding hydrogens is 267 g/mol. The van der Waals surface area contributed by atoms with Crippen LogP contribution in [0.1, 0.15) is 11.1 Å².